The van der Waals surface area contributed by atoms with E-state index in [-0.39, 0.29) is 11.3 Å². The van der Waals surface area contributed by atoms with Gasteiger partial charge in [0.1, 0.15) is 17.3 Å². The molecule has 1 fully saturated rings. The Morgan fingerprint density at radius 1 is 0.824 bits per heavy atom. The highest BCUT2D eigenvalue weighted by atomic mass is 16.5. The summed E-state index contributed by atoms with van der Waals surface area (Å²) in [4.78, 5) is 27.9. The molecule has 0 aromatic heterocycles. The number of ether oxygens (including phenoxy) is 2. The maximum atomic E-state index is 13.2. The molecule has 1 amide bonds. The fraction of sp³-hybridized carbons (Fsp3) is 0.214. The van der Waals surface area contributed by atoms with Crippen LogP contribution in [0, 0.1) is 6.92 Å². The SMILES string of the molecule is CCOc1ccc(C2/C(=C(\O)c3ccc(C)cc3)C(=O)C(=O)N2c2ccc(OCC)cc2)cc1. The summed E-state index contributed by atoms with van der Waals surface area (Å²) in [6.07, 6.45) is 0. The van der Waals surface area contributed by atoms with Crippen molar-refractivity contribution in [1.82, 2.24) is 0 Å². The van der Waals surface area contributed by atoms with Crippen molar-refractivity contribution in [1.29, 1.82) is 0 Å². The number of Topliss-reactive ketones (excluding diaryl/α,β-unsaturated/α-hetero) is 1. The third-order valence-corrected chi connectivity index (χ3v) is 5.70. The average molecular weight is 458 g/mol. The lowest BCUT2D eigenvalue weighted by Gasteiger charge is -2.25. The second-order valence-corrected chi connectivity index (χ2v) is 7.96. The first-order valence-electron chi connectivity index (χ1n) is 11.3. The van der Waals surface area contributed by atoms with Gasteiger partial charge in [-0.3, -0.25) is 14.5 Å². The number of aryl methyl sites for hydroxylation is 1. The van der Waals surface area contributed by atoms with Gasteiger partial charge < -0.3 is 14.6 Å². The molecule has 6 nitrogen and oxygen atoms in total. The summed E-state index contributed by atoms with van der Waals surface area (Å²) in [7, 11) is 0. The van der Waals surface area contributed by atoms with E-state index in [1.807, 2.05) is 45.0 Å². The predicted molar refractivity (Wildman–Crippen MR) is 131 cm³/mol. The molecule has 1 saturated heterocycles. The van der Waals surface area contributed by atoms with Gasteiger partial charge in [-0.1, -0.05) is 42.0 Å². The second-order valence-electron chi connectivity index (χ2n) is 7.96. The van der Waals surface area contributed by atoms with Gasteiger partial charge in [-0.15, -0.1) is 0 Å². The Morgan fingerprint density at radius 2 is 1.35 bits per heavy atom. The van der Waals surface area contributed by atoms with E-state index in [0.29, 0.717) is 41.5 Å². The lowest BCUT2D eigenvalue weighted by atomic mass is 9.95. The van der Waals surface area contributed by atoms with Crippen molar-refractivity contribution in [2.24, 2.45) is 0 Å². The third-order valence-electron chi connectivity index (χ3n) is 5.70. The molecule has 0 saturated carbocycles. The van der Waals surface area contributed by atoms with Crippen LogP contribution in [0.5, 0.6) is 11.5 Å². The van der Waals surface area contributed by atoms with Crippen LogP contribution in [0.25, 0.3) is 5.76 Å². The summed E-state index contributed by atoms with van der Waals surface area (Å²) in [6, 6.07) is 20.6. The number of hydrogen-bond donors (Lipinski definition) is 1. The number of carbonyl (C=O) groups is 2. The lowest BCUT2D eigenvalue weighted by Crippen LogP contribution is -2.29. The Hall–Kier alpha value is -4.06. The second kappa shape index (κ2) is 9.83. The molecule has 1 heterocycles. The molecule has 0 radical (unpaired) electrons. The summed E-state index contributed by atoms with van der Waals surface area (Å²) >= 11 is 0. The molecule has 1 unspecified atom stereocenters. The van der Waals surface area contributed by atoms with Gasteiger partial charge in [0.25, 0.3) is 11.7 Å². The average Bonchev–Trinajstić information content (AvgIpc) is 3.11. The zero-order valence-corrected chi connectivity index (χ0v) is 19.4. The molecule has 34 heavy (non-hydrogen) atoms. The minimum atomic E-state index is -0.796. The number of aliphatic hydroxyl groups is 1. The van der Waals surface area contributed by atoms with Crippen molar-refractivity contribution in [3.63, 3.8) is 0 Å². The number of nitrogens with zero attached hydrogens (tertiary/aromatic N) is 1. The molecule has 3 aromatic carbocycles. The highest BCUT2D eigenvalue weighted by Gasteiger charge is 2.47. The van der Waals surface area contributed by atoms with Crippen LogP contribution >= 0.6 is 0 Å². The number of benzene rings is 3. The van der Waals surface area contributed by atoms with Gasteiger partial charge in [0.05, 0.1) is 24.8 Å². The third kappa shape index (κ3) is 4.39. The number of aliphatic hydroxyl groups excluding tert-OH is 1. The van der Waals surface area contributed by atoms with Crippen molar-refractivity contribution < 1.29 is 24.2 Å². The molecule has 0 spiro atoms. The van der Waals surface area contributed by atoms with Gasteiger partial charge in [0.15, 0.2) is 0 Å². The molecule has 1 aliphatic heterocycles. The fourth-order valence-electron chi connectivity index (χ4n) is 4.06. The minimum Gasteiger partial charge on any atom is -0.507 e. The number of rotatable bonds is 7. The standard InChI is InChI=1S/C28H27NO5/c1-4-33-22-14-10-19(11-15-22)25-24(26(30)20-8-6-18(3)7-9-20)27(31)28(32)29(25)21-12-16-23(17-13-21)34-5-2/h6-17,25,30H,4-5H2,1-3H3/b26-24+. The van der Waals surface area contributed by atoms with Crippen molar-refractivity contribution >= 4 is 23.1 Å². The smallest absolute Gasteiger partial charge is 0.300 e. The molecule has 174 valence electrons. The quantitative estimate of drug-likeness (QED) is 0.291. The predicted octanol–water partition coefficient (Wildman–Crippen LogP) is 5.42. The van der Waals surface area contributed by atoms with Gasteiger partial charge in [0.2, 0.25) is 0 Å². The van der Waals surface area contributed by atoms with E-state index in [4.69, 9.17) is 9.47 Å². The Morgan fingerprint density at radius 3 is 1.88 bits per heavy atom. The van der Waals surface area contributed by atoms with Gasteiger partial charge in [-0.05, 0) is 62.7 Å². The Bertz CT molecular complexity index is 1210. The largest absolute Gasteiger partial charge is 0.507 e. The summed E-state index contributed by atoms with van der Waals surface area (Å²) in [5.74, 6) is -0.281. The maximum absolute atomic E-state index is 13.2. The first-order chi connectivity index (χ1) is 16.4. The summed E-state index contributed by atoms with van der Waals surface area (Å²) < 4.78 is 11.1. The Labute approximate surface area is 199 Å². The normalized spacial score (nSPS) is 17.1. The monoisotopic (exact) mass is 457 g/mol. The van der Waals surface area contributed by atoms with Crippen LogP contribution < -0.4 is 14.4 Å². The highest BCUT2D eigenvalue weighted by Crippen LogP contribution is 2.42. The van der Waals surface area contributed by atoms with Crippen molar-refractivity contribution in [2.45, 2.75) is 26.8 Å². The molecule has 1 aliphatic rings. The van der Waals surface area contributed by atoms with Crippen LogP contribution in [0.1, 0.15) is 36.6 Å². The molecule has 3 aromatic rings. The van der Waals surface area contributed by atoms with E-state index in [1.165, 1.54) is 4.90 Å². The molecule has 1 N–H and O–H groups in total. The molecule has 6 heteroatoms. The zero-order chi connectivity index (χ0) is 24.2. The number of anilines is 1. The number of amides is 1. The summed E-state index contributed by atoms with van der Waals surface area (Å²) in [6.45, 7) is 6.78. The molecular formula is C28H27NO5. The van der Waals surface area contributed by atoms with E-state index < -0.39 is 17.7 Å². The van der Waals surface area contributed by atoms with Gasteiger partial charge in [-0.2, -0.15) is 0 Å². The van der Waals surface area contributed by atoms with E-state index in [1.54, 1.807) is 48.5 Å². The van der Waals surface area contributed by atoms with Crippen LogP contribution in [0.15, 0.2) is 78.4 Å². The molecule has 0 aliphatic carbocycles. The van der Waals surface area contributed by atoms with E-state index in [2.05, 4.69) is 0 Å². The lowest BCUT2D eigenvalue weighted by molar-refractivity contribution is -0.132. The van der Waals surface area contributed by atoms with E-state index in [9.17, 15) is 14.7 Å². The first-order valence-corrected chi connectivity index (χ1v) is 11.3. The van der Waals surface area contributed by atoms with Crippen LogP contribution in [-0.4, -0.2) is 30.0 Å². The Kier molecular flexibility index (Phi) is 6.68. The van der Waals surface area contributed by atoms with E-state index in [0.717, 1.165) is 5.56 Å². The molecule has 0 bridgehead atoms. The topological polar surface area (TPSA) is 76.1 Å². The van der Waals surface area contributed by atoms with Gasteiger partial charge in [0, 0.05) is 11.3 Å². The summed E-state index contributed by atoms with van der Waals surface area (Å²) in [5.41, 5.74) is 2.77. The van der Waals surface area contributed by atoms with Crippen molar-refractivity contribution in [3.8, 4) is 11.5 Å². The highest BCUT2D eigenvalue weighted by molar-refractivity contribution is 6.51. The molecule has 4 rings (SSSR count). The first kappa shape index (κ1) is 23.1. The van der Waals surface area contributed by atoms with E-state index >= 15 is 0 Å². The summed E-state index contributed by atoms with van der Waals surface area (Å²) in [5, 5.41) is 11.2. The van der Waals surface area contributed by atoms with Crippen LogP contribution in [0.4, 0.5) is 5.69 Å². The minimum absolute atomic E-state index is 0.0481. The van der Waals surface area contributed by atoms with Crippen molar-refractivity contribution in [3.05, 3.63) is 95.1 Å². The van der Waals surface area contributed by atoms with Crippen LogP contribution in [0.3, 0.4) is 0 Å². The van der Waals surface area contributed by atoms with Gasteiger partial charge in [-0.25, -0.2) is 0 Å². The van der Waals surface area contributed by atoms with Crippen LogP contribution in [0.2, 0.25) is 0 Å². The zero-order valence-electron chi connectivity index (χ0n) is 19.4. The number of ketones is 1. The molecule has 1 atom stereocenters. The number of carbonyl (C=O) groups excluding carboxylic acids is 2. The maximum Gasteiger partial charge on any atom is 0.300 e. The van der Waals surface area contributed by atoms with Crippen molar-refractivity contribution in [2.75, 3.05) is 18.1 Å². The Balaban J connectivity index is 1.86. The van der Waals surface area contributed by atoms with Crippen LogP contribution in [-0.2, 0) is 9.59 Å². The molecular weight excluding hydrogens is 430 g/mol. The fourth-order valence-corrected chi connectivity index (χ4v) is 4.06. The number of hydrogen-bond acceptors (Lipinski definition) is 5. The van der Waals surface area contributed by atoms with Gasteiger partial charge >= 0.3 is 0 Å².